The van der Waals surface area contributed by atoms with Gasteiger partial charge in [-0.2, -0.15) is 0 Å². The van der Waals surface area contributed by atoms with Gasteiger partial charge in [-0.3, -0.25) is 0 Å². The molecule has 6 heteroatoms. The van der Waals surface area contributed by atoms with E-state index in [4.69, 9.17) is 18.9 Å². The number of para-hydroxylation sites is 3. The largest absolute Gasteiger partial charge is 0.496 e. The van der Waals surface area contributed by atoms with Crippen LogP contribution in [0.25, 0.3) is 6.08 Å². The van der Waals surface area contributed by atoms with Crippen molar-refractivity contribution >= 4 is 18.0 Å². The van der Waals surface area contributed by atoms with Gasteiger partial charge in [0.25, 0.3) is 0 Å². The molecule has 0 atom stereocenters. The molecule has 0 aliphatic carbocycles. The summed E-state index contributed by atoms with van der Waals surface area (Å²) in [7, 11) is 1.55. The lowest BCUT2D eigenvalue weighted by atomic mass is 10.2. The van der Waals surface area contributed by atoms with Gasteiger partial charge in [-0.1, -0.05) is 48.5 Å². The van der Waals surface area contributed by atoms with Crippen molar-refractivity contribution in [3.05, 3.63) is 96.1 Å². The highest BCUT2D eigenvalue weighted by Crippen LogP contribution is 2.21. The number of hydrogen-bond donors (Lipinski definition) is 0. The van der Waals surface area contributed by atoms with Crippen LogP contribution in [-0.4, -0.2) is 32.3 Å². The summed E-state index contributed by atoms with van der Waals surface area (Å²) in [5.74, 6) is 0.210. The van der Waals surface area contributed by atoms with Gasteiger partial charge in [0.2, 0.25) is 0 Å². The van der Waals surface area contributed by atoms with Crippen LogP contribution in [0.15, 0.2) is 84.9 Å². The first-order chi connectivity index (χ1) is 15.2. The van der Waals surface area contributed by atoms with Crippen molar-refractivity contribution in [2.75, 3.05) is 20.3 Å². The molecule has 3 aromatic carbocycles. The second kappa shape index (κ2) is 11.2. The molecule has 158 valence electrons. The molecule has 0 N–H and O–H groups in total. The normalized spacial score (nSPS) is 10.5. The summed E-state index contributed by atoms with van der Waals surface area (Å²) in [5.41, 5.74) is 0.884. The number of methoxy groups -OCH3 is 1. The number of hydrogen-bond acceptors (Lipinski definition) is 6. The molecule has 0 spiro atoms. The lowest BCUT2D eigenvalue weighted by Crippen LogP contribution is -2.14. The Labute approximate surface area is 180 Å². The number of carbonyl (C=O) groups excluding carboxylic acids is 2. The summed E-state index contributed by atoms with van der Waals surface area (Å²) in [6.45, 7) is 0.267. The summed E-state index contributed by atoms with van der Waals surface area (Å²) < 4.78 is 21.3. The van der Waals surface area contributed by atoms with Gasteiger partial charge in [-0.25, -0.2) is 9.59 Å². The lowest BCUT2D eigenvalue weighted by Gasteiger charge is -2.10. The van der Waals surface area contributed by atoms with E-state index >= 15 is 0 Å². The number of ether oxygens (including phenoxy) is 4. The Morgan fingerprint density at radius 1 is 0.806 bits per heavy atom. The predicted molar refractivity (Wildman–Crippen MR) is 116 cm³/mol. The molecule has 3 aromatic rings. The van der Waals surface area contributed by atoms with Gasteiger partial charge in [0.15, 0.2) is 0 Å². The molecule has 0 aliphatic heterocycles. The fraction of sp³-hybridized carbons (Fsp3) is 0.120. The zero-order valence-electron chi connectivity index (χ0n) is 17.0. The topological polar surface area (TPSA) is 71.1 Å². The second-order valence-corrected chi connectivity index (χ2v) is 6.29. The molecule has 3 rings (SSSR count). The monoisotopic (exact) mass is 418 g/mol. The van der Waals surface area contributed by atoms with Crippen molar-refractivity contribution in [1.29, 1.82) is 0 Å². The van der Waals surface area contributed by atoms with Crippen LogP contribution in [0.5, 0.6) is 17.2 Å². The molecule has 0 aromatic heterocycles. The van der Waals surface area contributed by atoms with Crippen molar-refractivity contribution in [2.24, 2.45) is 0 Å². The molecule has 0 radical (unpaired) electrons. The average molecular weight is 418 g/mol. The highest BCUT2D eigenvalue weighted by Gasteiger charge is 2.15. The summed E-state index contributed by atoms with van der Waals surface area (Å²) in [4.78, 5) is 24.7. The Morgan fingerprint density at radius 3 is 2.26 bits per heavy atom. The van der Waals surface area contributed by atoms with E-state index in [1.165, 1.54) is 18.2 Å². The first kappa shape index (κ1) is 21.6. The third-order valence-electron chi connectivity index (χ3n) is 4.18. The lowest BCUT2D eigenvalue weighted by molar-refractivity contribution is -0.128. The minimum atomic E-state index is -0.626. The van der Waals surface area contributed by atoms with Crippen LogP contribution in [0.4, 0.5) is 0 Å². The van der Waals surface area contributed by atoms with Gasteiger partial charge in [-0.15, -0.1) is 0 Å². The Morgan fingerprint density at radius 2 is 1.48 bits per heavy atom. The van der Waals surface area contributed by atoms with Gasteiger partial charge in [0.05, 0.1) is 7.11 Å². The van der Waals surface area contributed by atoms with Crippen molar-refractivity contribution in [1.82, 2.24) is 0 Å². The molecule has 6 nitrogen and oxygen atoms in total. The molecule has 0 aliphatic rings. The highest BCUT2D eigenvalue weighted by molar-refractivity contribution is 5.95. The fourth-order valence-corrected chi connectivity index (χ4v) is 2.72. The van der Waals surface area contributed by atoms with Crippen LogP contribution in [0.3, 0.4) is 0 Å². The summed E-state index contributed by atoms with van der Waals surface area (Å²) in [6.07, 6.45) is 2.86. The summed E-state index contributed by atoms with van der Waals surface area (Å²) in [5, 5.41) is 0. The number of rotatable bonds is 9. The van der Waals surface area contributed by atoms with Gasteiger partial charge in [-0.05, 0) is 36.4 Å². The standard InChI is InChI=1S/C25H22O6/c1-28-22-13-7-5-9-19(22)15-16-24(26)31-23-14-8-6-12-21(23)25(27)30-18-17-29-20-10-3-2-4-11-20/h2-16H,17-18H2,1H3/b16-15+. The smallest absolute Gasteiger partial charge is 0.342 e. The van der Waals surface area contributed by atoms with Crippen molar-refractivity contribution in [2.45, 2.75) is 0 Å². The zero-order valence-corrected chi connectivity index (χ0v) is 17.0. The van der Waals surface area contributed by atoms with Gasteiger partial charge >= 0.3 is 11.9 Å². The van der Waals surface area contributed by atoms with Crippen LogP contribution in [-0.2, 0) is 9.53 Å². The van der Waals surface area contributed by atoms with Crippen LogP contribution in [0.2, 0.25) is 0 Å². The molecule has 0 saturated carbocycles. The number of carbonyl (C=O) groups is 2. The fourth-order valence-electron chi connectivity index (χ4n) is 2.72. The van der Waals surface area contributed by atoms with E-state index in [0.717, 1.165) is 5.56 Å². The van der Waals surface area contributed by atoms with Crippen LogP contribution >= 0.6 is 0 Å². The first-order valence-electron chi connectivity index (χ1n) is 9.64. The molecule has 0 amide bonds. The quantitative estimate of drug-likeness (QED) is 0.220. The van der Waals surface area contributed by atoms with E-state index in [9.17, 15) is 9.59 Å². The van der Waals surface area contributed by atoms with E-state index in [1.54, 1.807) is 31.4 Å². The Hall–Kier alpha value is -4.06. The number of esters is 2. The maximum Gasteiger partial charge on any atom is 0.342 e. The maximum atomic E-state index is 12.4. The first-order valence-corrected chi connectivity index (χ1v) is 9.64. The van der Waals surface area contributed by atoms with E-state index in [2.05, 4.69) is 0 Å². The van der Waals surface area contributed by atoms with E-state index < -0.39 is 11.9 Å². The van der Waals surface area contributed by atoms with Crippen molar-refractivity contribution < 1.29 is 28.5 Å². The third kappa shape index (κ3) is 6.47. The molecule has 0 fully saturated rings. The molecule has 0 heterocycles. The SMILES string of the molecule is COc1ccccc1/C=C/C(=O)Oc1ccccc1C(=O)OCCOc1ccccc1. The minimum absolute atomic E-state index is 0.0592. The average Bonchev–Trinajstić information content (AvgIpc) is 2.81. The second-order valence-electron chi connectivity index (χ2n) is 6.29. The van der Waals surface area contributed by atoms with Crippen LogP contribution in [0.1, 0.15) is 15.9 Å². The van der Waals surface area contributed by atoms with Gasteiger partial charge in [0, 0.05) is 11.6 Å². The van der Waals surface area contributed by atoms with E-state index in [0.29, 0.717) is 11.5 Å². The molecule has 0 saturated heterocycles. The highest BCUT2D eigenvalue weighted by atomic mass is 16.6. The minimum Gasteiger partial charge on any atom is -0.496 e. The van der Waals surface area contributed by atoms with Crippen molar-refractivity contribution in [3.63, 3.8) is 0 Å². The Balaban J connectivity index is 1.57. The molecule has 0 unspecified atom stereocenters. The summed E-state index contributed by atoms with van der Waals surface area (Å²) >= 11 is 0. The Kier molecular flexibility index (Phi) is 7.83. The molecule has 31 heavy (non-hydrogen) atoms. The molecule has 0 bridgehead atoms. The zero-order chi connectivity index (χ0) is 21.9. The van der Waals surface area contributed by atoms with Gasteiger partial charge in [0.1, 0.15) is 36.0 Å². The van der Waals surface area contributed by atoms with Crippen LogP contribution < -0.4 is 14.2 Å². The van der Waals surface area contributed by atoms with Crippen molar-refractivity contribution in [3.8, 4) is 17.2 Å². The van der Waals surface area contributed by atoms with E-state index in [-0.39, 0.29) is 24.5 Å². The summed E-state index contributed by atoms with van der Waals surface area (Å²) in [6, 6.07) is 22.9. The Bertz CT molecular complexity index is 1040. The number of benzene rings is 3. The third-order valence-corrected chi connectivity index (χ3v) is 4.18. The predicted octanol–water partition coefficient (Wildman–Crippen LogP) is 4.55. The van der Waals surface area contributed by atoms with Gasteiger partial charge < -0.3 is 18.9 Å². The van der Waals surface area contributed by atoms with E-state index in [1.807, 2.05) is 48.5 Å². The maximum absolute atomic E-state index is 12.4. The molecular formula is C25H22O6. The van der Waals surface area contributed by atoms with Crippen LogP contribution in [0, 0.1) is 0 Å². The molecular weight excluding hydrogens is 396 g/mol.